The minimum Gasteiger partial charge on any atom is -0.382 e. The maximum absolute atomic E-state index is 13.8. The lowest BCUT2D eigenvalue weighted by atomic mass is 9.76. The largest absolute Gasteiger partial charge is 0.382 e. The van der Waals surface area contributed by atoms with Crippen molar-refractivity contribution in [3.8, 4) is 0 Å². The lowest BCUT2D eigenvalue weighted by molar-refractivity contribution is -0.0310. The van der Waals surface area contributed by atoms with Crippen LogP contribution in [0.1, 0.15) is 41.9 Å². The Morgan fingerprint density at radius 1 is 1.11 bits per heavy atom. The maximum atomic E-state index is 13.8. The highest BCUT2D eigenvalue weighted by atomic mass is 35.5. The first-order valence-corrected chi connectivity index (χ1v) is 13.1. The third-order valence-electron chi connectivity index (χ3n) is 7.08. The van der Waals surface area contributed by atoms with Gasteiger partial charge in [0.2, 0.25) is 0 Å². The number of halogens is 4. The standard InChI is InChI=1S/C24H21ClF3N3O4S/c25-16-4-3-12(22(32)31-15-8-17(26)20(28)18(27)9-15)7-19(16)36(34,35)21-13-1-2-14(21)11-24(33,10-13)23-29-5-6-30-23/h3-9,13-14,21,33H,1-2,10-11H2,(H,29,30)(H,31,32)/t13?,14?,21-,24-. The van der Waals surface area contributed by atoms with Crippen molar-refractivity contribution in [2.24, 2.45) is 11.8 Å². The number of hydrogen-bond donors (Lipinski definition) is 3. The number of carbonyl (C=O) groups excluding carboxylic acids is 1. The van der Waals surface area contributed by atoms with Crippen LogP contribution in [0.2, 0.25) is 5.02 Å². The lowest BCUT2D eigenvalue weighted by Crippen LogP contribution is -2.45. The van der Waals surface area contributed by atoms with Crippen molar-refractivity contribution < 1.29 is 31.5 Å². The van der Waals surface area contributed by atoms with E-state index in [-0.39, 0.29) is 45.8 Å². The molecule has 0 spiro atoms. The van der Waals surface area contributed by atoms with E-state index in [1.54, 1.807) is 6.20 Å². The van der Waals surface area contributed by atoms with Crippen LogP contribution >= 0.6 is 11.6 Å². The van der Waals surface area contributed by atoms with Crippen molar-refractivity contribution in [2.75, 3.05) is 5.32 Å². The number of imidazole rings is 1. The third kappa shape index (κ3) is 4.18. The topological polar surface area (TPSA) is 112 Å². The smallest absolute Gasteiger partial charge is 0.255 e. The van der Waals surface area contributed by atoms with Gasteiger partial charge in [0.15, 0.2) is 27.3 Å². The molecule has 3 aromatic rings. The number of rotatable bonds is 5. The van der Waals surface area contributed by atoms with E-state index in [0.29, 0.717) is 30.8 Å². The molecule has 0 saturated heterocycles. The predicted octanol–water partition coefficient (Wildman–Crippen LogP) is 4.58. The van der Waals surface area contributed by atoms with E-state index >= 15 is 0 Å². The first-order chi connectivity index (χ1) is 17.0. The normalized spacial score (nSPS) is 25.6. The highest BCUT2D eigenvalue weighted by Crippen LogP contribution is 2.53. The minimum absolute atomic E-state index is 0.0725. The minimum atomic E-state index is -4.02. The summed E-state index contributed by atoms with van der Waals surface area (Å²) in [5, 5.41) is 12.5. The second kappa shape index (κ2) is 8.89. The quantitative estimate of drug-likeness (QED) is 0.411. The van der Waals surface area contributed by atoms with Crippen LogP contribution < -0.4 is 5.32 Å². The van der Waals surface area contributed by atoms with Crippen LogP contribution in [0.5, 0.6) is 0 Å². The summed E-state index contributed by atoms with van der Waals surface area (Å²) < 4.78 is 67.8. The van der Waals surface area contributed by atoms with Gasteiger partial charge in [0.25, 0.3) is 5.91 Å². The highest BCUT2D eigenvalue weighted by molar-refractivity contribution is 7.92. The van der Waals surface area contributed by atoms with Crippen LogP contribution in [0.3, 0.4) is 0 Å². The van der Waals surface area contributed by atoms with Gasteiger partial charge in [0.1, 0.15) is 11.4 Å². The molecule has 2 aliphatic carbocycles. The Hall–Kier alpha value is -2.89. The van der Waals surface area contributed by atoms with Crippen molar-refractivity contribution in [1.29, 1.82) is 0 Å². The molecule has 0 aliphatic heterocycles. The number of sulfone groups is 1. The van der Waals surface area contributed by atoms with E-state index in [9.17, 15) is 31.5 Å². The van der Waals surface area contributed by atoms with Crippen molar-refractivity contribution in [1.82, 2.24) is 9.97 Å². The first kappa shape index (κ1) is 24.8. The second-order valence-electron chi connectivity index (χ2n) is 9.34. The fraction of sp³-hybridized carbons (Fsp3) is 0.333. The van der Waals surface area contributed by atoms with Crippen LogP contribution in [-0.2, 0) is 15.4 Å². The fourth-order valence-electron chi connectivity index (χ4n) is 5.59. The molecule has 36 heavy (non-hydrogen) atoms. The molecule has 2 saturated carbocycles. The van der Waals surface area contributed by atoms with Gasteiger partial charge in [-0.1, -0.05) is 11.6 Å². The zero-order valence-corrected chi connectivity index (χ0v) is 20.2. The van der Waals surface area contributed by atoms with Gasteiger partial charge < -0.3 is 15.4 Å². The number of nitrogens with zero attached hydrogens (tertiary/aromatic N) is 1. The Morgan fingerprint density at radius 3 is 2.33 bits per heavy atom. The number of nitrogens with one attached hydrogen (secondary N) is 2. The molecule has 2 atom stereocenters. The average molecular weight is 540 g/mol. The molecule has 1 heterocycles. The Kier molecular flexibility index (Phi) is 6.12. The van der Waals surface area contributed by atoms with Crippen LogP contribution in [0, 0.1) is 29.3 Å². The number of amides is 1. The number of aromatic amines is 1. The summed E-state index contributed by atoms with van der Waals surface area (Å²) in [5.74, 6) is -5.77. The Bertz CT molecular complexity index is 1410. The van der Waals surface area contributed by atoms with E-state index in [1.165, 1.54) is 18.3 Å². The molecule has 1 amide bonds. The second-order valence-corrected chi connectivity index (χ2v) is 11.8. The molecular formula is C24H21ClF3N3O4S. The van der Waals surface area contributed by atoms with Crippen molar-refractivity contribution >= 4 is 33.0 Å². The van der Waals surface area contributed by atoms with Gasteiger partial charge >= 0.3 is 0 Å². The third-order valence-corrected chi connectivity index (χ3v) is 9.96. The number of aliphatic hydroxyl groups is 1. The van der Waals surface area contributed by atoms with E-state index < -0.39 is 44.0 Å². The molecule has 2 aromatic carbocycles. The number of benzene rings is 2. The van der Waals surface area contributed by atoms with Gasteiger partial charge in [-0.05, 0) is 55.7 Å². The van der Waals surface area contributed by atoms with E-state index in [0.717, 1.165) is 6.07 Å². The first-order valence-electron chi connectivity index (χ1n) is 11.2. The monoisotopic (exact) mass is 539 g/mol. The zero-order chi connectivity index (χ0) is 25.8. The summed E-state index contributed by atoms with van der Waals surface area (Å²) in [6.45, 7) is 0. The number of fused-ring (bicyclic) bond motifs is 2. The zero-order valence-electron chi connectivity index (χ0n) is 18.6. The van der Waals surface area contributed by atoms with Crippen LogP contribution in [0.4, 0.5) is 18.9 Å². The van der Waals surface area contributed by atoms with Gasteiger partial charge in [-0.2, -0.15) is 0 Å². The molecule has 7 nitrogen and oxygen atoms in total. The number of carbonyl (C=O) groups is 1. The summed E-state index contributed by atoms with van der Waals surface area (Å²) in [6, 6.07) is 4.89. The molecule has 2 aliphatic rings. The van der Waals surface area contributed by atoms with E-state index in [1.807, 2.05) is 0 Å². The molecule has 2 bridgehead atoms. The molecule has 0 radical (unpaired) electrons. The molecule has 3 N–H and O–H groups in total. The molecular weight excluding hydrogens is 519 g/mol. The number of H-pyrrole nitrogens is 1. The van der Waals surface area contributed by atoms with E-state index in [2.05, 4.69) is 15.3 Å². The van der Waals surface area contributed by atoms with Crippen molar-refractivity contribution in [3.63, 3.8) is 0 Å². The number of aromatic nitrogens is 2. The van der Waals surface area contributed by atoms with Crippen molar-refractivity contribution in [2.45, 2.75) is 41.4 Å². The van der Waals surface area contributed by atoms with Gasteiger partial charge in [0, 0.05) is 35.8 Å². The Labute approximate surface area is 209 Å². The van der Waals surface area contributed by atoms with Gasteiger partial charge in [-0.3, -0.25) is 4.79 Å². The lowest BCUT2D eigenvalue weighted by Gasteiger charge is -2.39. The fourth-order valence-corrected chi connectivity index (χ4v) is 8.43. The summed E-state index contributed by atoms with van der Waals surface area (Å²) >= 11 is 6.26. The highest BCUT2D eigenvalue weighted by Gasteiger charge is 2.55. The molecule has 190 valence electrons. The molecule has 12 heteroatoms. The van der Waals surface area contributed by atoms with Gasteiger partial charge in [-0.25, -0.2) is 26.6 Å². The number of anilines is 1. The van der Waals surface area contributed by atoms with Gasteiger partial charge in [0.05, 0.1) is 15.2 Å². The summed E-state index contributed by atoms with van der Waals surface area (Å²) in [5.41, 5.74) is -1.70. The van der Waals surface area contributed by atoms with E-state index in [4.69, 9.17) is 11.6 Å². The summed E-state index contributed by atoms with van der Waals surface area (Å²) in [4.78, 5) is 19.6. The average Bonchev–Trinajstić information content (AvgIpc) is 3.46. The number of hydrogen-bond acceptors (Lipinski definition) is 5. The summed E-state index contributed by atoms with van der Waals surface area (Å²) in [7, 11) is -4.02. The van der Waals surface area contributed by atoms with Crippen LogP contribution in [0.25, 0.3) is 0 Å². The maximum Gasteiger partial charge on any atom is 0.255 e. The van der Waals surface area contributed by atoms with Crippen molar-refractivity contribution in [3.05, 3.63) is 76.6 Å². The SMILES string of the molecule is O=C(Nc1cc(F)c(F)c(F)c1)c1ccc(Cl)c(S(=O)(=O)[C@H]2C3CCC2C[C@](O)(c2ncc[nH]2)C3)c1. The van der Waals surface area contributed by atoms with Gasteiger partial charge in [-0.15, -0.1) is 0 Å². The molecule has 2 fully saturated rings. The molecule has 5 rings (SSSR count). The molecule has 2 unspecified atom stereocenters. The van der Waals surface area contributed by atoms with Crippen LogP contribution in [0.15, 0.2) is 47.6 Å². The Balaban J connectivity index is 1.42. The predicted molar refractivity (Wildman–Crippen MR) is 125 cm³/mol. The summed E-state index contributed by atoms with van der Waals surface area (Å²) in [6.07, 6.45) is 4.76. The molecule has 1 aromatic heterocycles. The van der Waals surface area contributed by atoms with Crippen LogP contribution in [-0.4, -0.2) is 34.6 Å². The Morgan fingerprint density at radius 2 is 1.75 bits per heavy atom.